The second-order valence-electron chi connectivity index (χ2n) is 6.92. The topological polar surface area (TPSA) is 60.7 Å². The Morgan fingerprint density at radius 3 is 2.46 bits per heavy atom. The first-order chi connectivity index (χ1) is 13.7. The predicted octanol–water partition coefficient (Wildman–Crippen LogP) is 5.47. The van der Waals surface area contributed by atoms with Crippen LogP contribution in [0.15, 0.2) is 53.9 Å². The van der Waals surface area contributed by atoms with E-state index in [0.717, 1.165) is 29.4 Å². The molecule has 0 atom stereocenters. The van der Waals surface area contributed by atoms with Gasteiger partial charge in [-0.05, 0) is 49.2 Å². The smallest absolute Gasteiger partial charge is 0.192 e. The molecule has 0 amide bonds. The van der Waals surface area contributed by atoms with Crippen molar-refractivity contribution in [3.05, 3.63) is 59.4 Å². The number of nitrogens with zero attached hydrogens (tertiary/aromatic N) is 4. The molecule has 4 rings (SSSR count). The number of Topliss-reactive ketones (excluding diaryl/α,β-unsaturated/α-hetero) is 1. The standard InChI is InChI=1S/C21H21ClN4OS/c22-17-8-6-15(7-9-17)19(27)14-28-21-25-24-20(16-10-12-23-13-11-16)26(21)18-4-2-1-3-5-18/h6-13,18H,1-5,14H2. The number of halogens is 1. The maximum absolute atomic E-state index is 12.6. The van der Waals surface area contributed by atoms with Gasteiger partial charge in [-0.3, -0.25) is 14.3 Å². The van der Waals surface area contributed by atoms with Crippen molar-refractivity contribution in [2.24, 2.45) is 0 Å². The monoisotopic (exact) mass is 412 g/mol. The van der Waals surface area contributed by atoms with Crippen LogP contribution in [0.3, 0.4) is 0 Å². The number of rotatable bonds is 6. The summed E-state index contributed by atoms with van der Waals surface area (Å²) >= 11 is 7.37. The van der Waals surface area contributed by atoms with Gasteiger partial charge in [-0.1, -0.05) is 42.6 Å². The molecular formula is C21H21ClN4OS. The number of benzene rings is 1. The molecule has 28 heavy (non-hydrogen) atoms. The van der Waals surface area contributed by atoms with Crippen LogP contribution >= 0.6 is 23.4 Å². The highest BCUT2D eigenvalue weighted by Gasteiger charge is 2.24. The van der Waals surface area contributed by atoms with E-state index in [4.69, 9.17) is 11.6 Å². The molecule has 1 aliphatic rings. The molecule has 144 valence electrons. The average Bonchev–Trinajstić information content (AvgIpc) is 3.18. The van der Waals surface area contributed by atoms with E-state index in [2.05, 4.69) is 19.7 Å². The Kier molecular flexibility index (Phi) is 6.07. The summed E-state index contributed by atoms with van der Waals surface area (Å²) in [5.41, 5.74) is 1.67. The third kappa shape index (κ3) is 4.28. The van der Waals surface area contributed by atoms with Crippen LogP contribution in [0, 0.1) is 0 Å². The Bertz CT molecular complexity index is 937. The minimum absolute atomic E-state index is 0.0605. The fourth-order valence-electron chi connectivity index (χ4n) is 3.59. The maximum atomic E-state index is 12.6. The van der Waals surface area contributed by atoms with Crippen LogP contribution in [-0.2, 0) is 0 Å². The highest BCUT2D eigenvalue weighted by molar-refractivity contribution is 7.99. The van der Waals surface area contributed by atoms with Crippen molar-refractivity contribution < 1.29 is 4.79 Å². The molecule has 1 aliphatic carbocycles. The number of hydrogen-bond donors (Lipinski definition) is 0. The SMILES string of the molecule is O=C(CSc1nnc(-c2ccncc2)n1C1CCCCC1)c1ccc(Cl)cc1. The zero-order chi connectivity index (χ0) is 19.3. The molecule has 7 heteroatoms. The summed E-state index contributed by atoms with van der Waals surface area (Å²) in [6.07, 6.45) is 9.49. The van der Waals surface area contributed by atoms with E-state index < -0.39 is 0 Å². The Balaban J connectivity index is 1.58. The zero-order valence-electron chi connectivity index (χ0n) is 15.4. The third-order valence-electron chi connectivity index (χ3n) is 5.04. The lowest BCUT2D eigenvalue weighted by Crippen LogP contribution is -2.15. The lowest BCUT2D eigenvalue weighted by molar-refractivity contribution is 0.102. The van der Waals surface area contributed by atoms with E-state index in [1.807, 2.05) is 12.1 Å². The summed E-state index contributed by atoms with van der Waals surface area (Å²) in [5, 5.41) is 10.3. The van der Waals surface area contributed by atoms with Gasteiger partial charge in [-0.15, -0.1) is 10.2 Å². The van der Waals surface area contributed by atoms with Crippen LogP contribution in [0.2, 0.25) is 5.02 Å². The molecule has 1 aromatic carbocycles. The van der Waals surface area contributed by atoms with E-state index in [9.17, 15) is 4.79 Å². The molecule has 0 N–H and O–H groups in total. The van der Waals surface area contributed by atoms with Gasteiger partial charge in [0.05, 0.1) is 5.75 Å². The van der Waals surface area contributed by atoms with Gasteiger partial charge in [-0.2, -0.15) is 0 Å². The number of thioether (sulfide) groups is 1. The molecule has 5 nitrogen and oxygen atoms in total. The number of carbonyl (C=O) groups is 1. The first kappa shape index (κ1) is 19.2. The van der Waals surface area contributed by atoms with Gasteiger partial charge < -0.3 is 0 Å². The fraction of sp³-hybridized carbons (Fsp3) is 0.333. The van der Waals surface area contributed by atoms with Crippen LogP contribution in [0.25, 0.3) is 11.4 Å². The molecule has 0 radical (unpaired) electrons. The Hall–Kier alpha value is -2.18. The Morgan fingerprint density at radius 2 is 1.75 bits per heavy atom. The lowest BCUT2D eigenvalue weighted by Gasteiger charge is -2.25. The minimum atomic E-state index is 0.0605. The van der Waals surface area contributed by atoms with Crippen LogP contribution < -0.4 is 0 Å². The maximum Gasteiger partial charge on any atom is 0.192 e. The van der Waals surface area contributed by atoms with Crippen molar-refractivity contribution in [1.29, 1.82) is 0 Å². The number of hydrogen-bond acceptors (Lipinski definition) is 5. The van der Waals surface area contributed by atoms with E-state index in [1.54, 1.807) is 36.7 Å². The van der Waals surface area contributed by atoms with Gasteiger partial charge in [0.2, 0.25) is 0 Å². The quantitative estimate of drug-likeness (QED) is 0.396. The summed E-state index contributed by atoms with van der Waals surface area (Å²) in [4.78, 5) is 16.7. The molecule has 2 aromatic heterocycles. The largest absolute Gasteiger partial charge is 0.299 e. The number of carbonyl (C=O) groups excluding carboxylic acids is 1. The van der Waals surface area contributed by atoms with Gasteiger partial charge in [0.15, 0.2) is 16.8 Å². The lowest BCUT2D eigenvalue weighted by atomic mass is 9.95. The van der Waals surface area contributed by atoms with Crippen LogP contribution in [0.4, 0.5) is 0 Å². The zero-order valence-corrected chi connectivity index (χ0v) is 17.0. The molecule has 0 bridgehead atoms. The Labute approximate surface area is 173 Å². The van der Waals surface area contributed by atoms with Gasteiger partial charge in [0.1, 0.15) is 0 Å². The van der Waals surface area contributed by atoms with Crippen LogP contribution in [-0.4, -0.2) is 31.3 Å². The second-order valence-corrected chi connectivity index (χ2v) is 8.30. The molecule has 1 fully saturated rings. The van der Waals surface area contributed by atoms with E-state index >= 15 is 0 Å². The Morgan fingerprint density at radius 1 is 1.04 bits per heavy atom. The average molecular weight is 413 g/mol. The van der Waals surface area contributed by atoms with Crippen molar-refractivity contribution in [2.45, 2.75) is 43.3 Å². The molecule has 3 aromatic rings. The highest BCUT2D eigenvalue weighted by atomic mass is 35.5. The fourth-order valence-corrected chi connectivity index (χ4v) is 4.62. The molecule has 0 unspecified atom stereocenters. The molecule has 1 saturated carbocycles. The summed E-state index contributed by atoms with van der Waals surface area (Å²) in [6.45, 7) is 0. The van der Waals surface area contributed by atoms with E-state index in [0.29, 0.717) is 22.4 Å². The van der Waals surface area contributed by atoms with Crippen molar-refractivity contribution in [2.75, 3.05) is 5.75 Å². The van der Waals surface area contributed by atoms with Crippen molar-refractivity contribution in [1.82, 2.24) is 19.7 Å². The first-order valence-corrected chi connectivity index (χ1v) is 10.9. The van der Waals surface area contributed by atoms with E-state index in [1.165, 1.54) is 31.0 Å². The van der Waals surface area contributed by atoms with Crippen molar-refractivity contribution >= 4 is 29.1 Å². The van der Waals surface area contributed by atoms with Gasteiger partial charge >= 0.3 is 0 Å². The van der Waals surface area contributed by atoms with E-state index in [-0.39, 0.29) is 5.78 Å². The summed E-state index contributed by atoms with van der Waals surface area (Å²) in [5.74, 6) is 1.24. The second kappa shape index (κ2) is 8.88. The highest BCUT2D eigenvalue weighted by Crippen LogP contribution is 2.35. The normalized spacial score (nSPS) is 14.9. The molecular weight excluding hydrogens is 392 g/mol. The molecule has 2 heterocycles. The van der Waals surface area contributed by atoms with Gasteiger partial charge in [0, 0.05) is 34.6 Å². The molecule has 0 saturated heterocycles. The minimum Gasteiger partial charge on any atom is -0.299 e. The number of ketones is 1. The molecule has 0 spiro atoms. The predicted molar refractivity (Wildman–Crippen MR) is 112 cm³/mol. The summed E-state index contributed by atoms with van der Waals surface area (Å²) in [7, 11) is 0. The third-order valence-corrected chi connectivity index (χ3v) is 6.24. The van der Waals surface area contributed by atoms with Gasteiger partial charge in [0.25, 0.3) is 0 Å². The van der Waals surface area contributed by atoms with Crippen LogP contribution in [0.1, 0.15) is 48.5 Å². The van der Waals surface area contributed by atoms with Crippen LogP contribution in [0.5, 0.6) is 0 Å². The number of aromatic nitrogens is 4. The number of pyridine rings is 1. The summed E-state index contributed by atoms with van der Waals surface area (Å²) in [6, 6.07) is 11.3. The summed E-state index contributed by atoms with van der Waals surface area (Å²) < 4.78 is 2.23. The van der Waals surface area contributed by atoms with Gasteiger partial charge in [-0.25, -0.2) is 0 Å². The van der Waals surface area contributed by atoms with Crippen molar-refractivity contribution in [3.63, 3.8) is 0 Å². The molecule has 0 aliphatic heterocycles. The first-order valence-electron chi connectivity index (χ1n) is 9.49. The van der Waals surface area contributed by atoms with Crippen molar-refractivity contribution in [3.8, 4) is 11.4 Å².